The van der Waals surface area contributed by atoms with Crippen LogP contribution in [0.4, 0.5) is 0 Å². The van der Waals surface area contributed by atoms with Gasteiger partial charge in [-0.05, 0) is 78.4 Å². The van der Waals surface area contributed by atoms with E-state index in [1.54, 1.807) is 0 Å². The topological polar surface area (TPSA) is 0 Å². The van der Waals surface area contributed by atoms with Gasteiger partial charge in [-0.2, -0.15) is 0 Å². The molecule has 0 saturated carbocycles. The zero-order valence-electron chi connectivity index (χ0n) is 20.3. The molecular formula is C36H26. The molecule has 0 aliphatic heterocycles. The predicted molar refractivity (Wildman–Crippen MR) is 150 cm³/mol. The highest BCUT2D eigenvalue weighted by Crippen LogP contribution is 2.38. The maximum absolute atomic E-state index is 2.40. The van der Waals surface area contributed by atoms with Crippen molar-refractivity contribution >= 4 is 17.7 Å². The molecule has 0 aromatic heterocycles. The maximum atomic E-state index is 2.40. The average molecular weight is 459 g/mol. The van der Waals surface area contributed by atoms with Crippen LogP contribution in [-0.2, 0) is 0 Å². The molecule has 0 N–H and O–H groups in total. The molecule has 0 fully saturated rings. The molecule has 0 nitrogen and oxygen atoms in total. The zero-order chi connectivity index (χ0) is 24.1. The first-order chi connectivity index (χ1) is 17.8. The second-order valence-corrected chi connectivity index (χ2v) is 9.74. The van der Waals surface area contributed by atoms with Crippen LogP contribution < -0.4 is 10.4 Å². The van der Waals surface area contributed by atoms with E-state index in [0.717, 1.165) is 0 Å². The van der Waals surface area contributed by atoms with Crippen LogP contribution in [0.15, 0.2) is 121 Å². The van der Waals surface area contributed by atoms with E-state index >= 15 is 0 Å². The fraction of sp³-hybridized carbons (Fsp3) is 0.0556. The number of rotatable bonds is 3. The third-order valence-corrected chi connectivity index (χ3v) is 7.69. The molecule has 0 heterocycles. The molecule has 2 aliphatic carbocycles. The summed E-state index contributed by atoms with van der Waals surface area (Å²) in [5.41, 5.74) is 10.6. The molecule has 0 bridgehead atoms. The second kappa shape index (κ2) is 8.36. The van der Waals surface area contributed by atoms with Crippen LogP contribution >= 0.6 is 0 Å². The lowest BCUT2D eigenvalue weighted by atomic mass is 9.84. The van der Waals surface area contributed by atoms with Gasteiger partial charge in [0.25, 0.3) is 0 Å². The van der Waals surface area contributed by atoms with E-state index in [4.69, 9.17) is 0 Å². The SMILES string of the molecule is Cc1cccc2c1C=CC2c1c2c(ccc1=C(c1ccccc1)c1ccccc1)=c1ccccc1=C2. The van der Waals surface area contributed by atoms with E-state index < -0.39 is 0 Å². The maximum Gasteiger partial charge on any atom is 0.0291 e. The lowest BCUT2D eigenvalue weighted by Gasteiger charge is -2.19. The van der Waals surface area contributed by atoms with Gasteiger partial charge in [0.05, 0.1) is 0 Å². The Labute approximate surface area is 211 Å². The highest BCUT2D eigenvalue weighted by atomic mass is 14.3. The summed E-state index contributed by atoms with van der Waals surface area (Å²) in [4.78, 5) is 0. The lowest BCUT2D eigenvalue weighted by Crippen LogP contribution is -2.19. The number of aryl methyl sites for hydroxylation is 1. The molecule has 0 spiro atoms. The minimum atomic E-state index is 0.206. The monoisotopic (exact) mass is 458 g/mol. The molecule has 0 saturated heterocycles. The van der Waals surface area contributed by atoms with Crippen molar-refractivity contribution in [2.45, 2.75) is 12.8 Å². The molecular weight excluding hydrogens is 432 g/mol. The number of benzene rings is 5. The first kappa shape index (κ1) is 20.9. The van der Waals surface area contributed by atoms with Crippen LogP contribution in [0.1, 0.15) is 44.9 Å². The van der Waals surface area contributed by atoms with Crippen LogP contribution in [0.3, 0.4) is 0 Å². The van der Waals surface area contributed by atoms with Crippen molar-refractivity contribution < 1.29 is 0 Å². The molecule has 2 aliphatic rings. The van der Waals surface area contributed by atoms with Crippen molar-refractivity contribution in [3.63, 3.8) is 0 Å². The fourth-order valence-corrected chi connectivity index (χ4v) is 6.04. The van der Waals surface area contributed by atoms with Crippen molar-refractivity contribution in [2.75, 3.05) is 0 Å². The summed E-state index contributed by atoms with van der Waals surface area (Å²) in [6, 6.07) is 41.9. The van der Waals surface area contributed by atoms with Gasteiger partial charge in [-0.3, -0.25) is 0 Å². The smallest absolute Gasteiger partial charge is 0.0291 e. The van der Waals surface area contributed by atoms with Crippen LogP contribution in [0.5, 0.6) is 0 Å². The Bertz CT molecular complexity index is 1830. The molecule has 0 radical (unpaired) electrons. The Hall–Kier alpha value is -4.42. The summed E-state index contributed by atoms with van der Waals surface area (Å²) in [6.07, 6.45) is 7.13. The average Bonchev–Trinajstić information content (AvgIpc) is 3.53. The summed E-state index contributed by atoms with van der Waals surface area (Å²) >= 11 is 0. The lowest BCUT2D eigenvalue weighted by molar-refractivity contribution is 1.02. The number of allylic oxidation sites excluding steroid dienone is 1. The summed E-state index contributed by atoms with van der Waals surface area (Å²) in [5, 5.41) is 5.27. The van der Waals surface area contributed by atoms with Gasteiger partial charge in [0.2, 0.25) is 0 Å². The van der Waals surface area contributed by atoms with Gasteiger partial charge >= 0.3 is 0 Å². The molecule has 0 amide bonds. The quantitative estimate of drug-likeness (QED) is 0.273. The molecule has 170 valence electrons. The molecule has 7 rings (SSSR count). The van der Waals surface area contributed by atoms with E-state index in [2.05, 4.69) is 140 Å². The van der Waals surface area contributed by atoms with E-state index in [0.29, 0.717) is 0 Å². The van der Waals surface area contributed by atoms with E-state index in [9.17, 15) is 0 Å². The first-order valence-electron chi connectivity index (χ1n) is 12.7. The van der Waals surface area contributed by atoms with Crippen molar-refractivity contribution in [2.24, 2.45) is 0 Å². The van der Waals surface area contributed by atoms with Crippen molar-refractivity contribution in [3.8, 4) is 0 Å². The van der Waals surface area contributed by atoms with E-state index in [1.165, 1.54) is 65.4 Å². The summed E-state index contributed by atoms with van der Waals surface area (Å²) in [5.74, 6) is 0.206. The largest absolute Gasteiger partial charge is 0.0720 e. The minimum Gasteiger partial charge on any atom is -0.0720 e. The molecule has 1 atom stereocenters. The zero-order valence-corrected chi connectivity index (χ0v) is 20.3. The minimum absolute atomic E-state index is 0.206. The predicted octanol–water partition coefficient (Wildman–Crippen LogP) is 6.83. The van der Waals surface area contributed by atoms with Crippen LogP contribution in [-0.4, -0.2) is 0 Å². The van der Waals surface area contributed by atoms with Gasteiger partial charge in [0, 0.05) is 5.92 Å². The molecule has 5 aromatic carbocycles. The van der Waals surface area contributed by atoms with Gasteiger partial charge in [0.15, 0.2) is 0 Å². The van der Waals surface area contributed by atoms with E-state index in [1.807, 2.05) is 0 Å². The Morgan fingerprint density at radius 1 is 0.583 bits per heavy atom. The molecule has 36 heavy (non-hydrogen) atoms. The number of hydrogen-bond donors (Lipinski definition) is 0. The van der Waals surface area contributed by atoms with Gasteiger partial charge in [-0.1, -0.05) is 127 Å². The Balaban J connectivity index is 1.67. The fourth-order valence-electron chi connectivity index (χ4n) is 6.04. The van der Waals surface area contributed by atoms with Gasteiger partial charge in [-0.25, -0.2) is 0 Å². The summed E-state index contributed by atoms with van der Waals surface area (Å²) < 4.78 is 0. The van der Waals surface area contributed by atoms with Crippen LogP contribution in [0.2, 0.25) is 0 Å². The van der Waals surface area contributed by atoms with Gasteiger partial charge < -0.3 is 0 Å². The Kier molecular flexibility index (Phi) is 4.85. The van der Waals surface area contributed by atoms with Crippen LogP contribution in [0, 0.1) is 17.4 Å². The Morgan fingerprint density at radius 3 is 2.03 bits per heavy atom. The van der Waals surface area contributed by atoms with Gasteiger partial charge in [0.1, 0.15) is 0 Å². The first-order valence-corrected chi connectivity index (χ1v) is 12.7. The van der Waals surface area contributed by atoms with Crippen molar-refractivity contribution in [1.29, 1.82) is 0 Å². The Morgan fingerprint density at radius 2 is 1.28 bits per heavy atom. The van der Waals surface area contributed by atoms with Crippen molar-refractivity contribution in [3.05, 3.63) is 181 Å². The second-order valence-electron chi connectivity index (χ2n) is 9.74. The van der Waals surface area contributed by atoms with Crippen molar-refractivity contribution in [1.82, 2.24) is 0 Å². The van der Waals surface area contributed by atoms with Gasteiger partial charge in [-0.15, -0.1) is 0 Å². The molecule has 5 aromatic rings. The molecule has 1 unspecified atom stereocenters. The molecule has 0 heteroatoms. The number of hydrogen-bond acceptors (Lipinski definition) is 0. The third kappa shape index (κ3) is 3.22. The van der Waals surface area contributed by atoms with E-state index in [-0.39, 0.29) is 5.92 Å². The summed E-state index contributed by atoms with van der Waals surface area (Å²) in [7, 11) is 0. The highest BCUT2D eigenvalue weighted by Gasteiger charge is 2.25. The normalized spacial score (nSPS) is 14.6. The summed E-state index contributed by atoms with van der Waals surface area (Å²) in [6.45, 7) is 2.22. The number of fused-ring (bicyclic) bond motifs is 3. The van der Waals surface area contributed by atoms with Crippen LogP contribution in [0.25, 0.3) is 17.7 Å². The highest BCUT2D eigenvalue weighted by molar-refractivity contribution is 5.82. The third-order valence-electron chi connectivity index (χ3n) is 7.69. The standard InChI is InChI=1S/C36H26/c1-24-11-10-18-30-28(24)19-21-32(30)36-33(22-20-31-29-17-9-8-16-27(29)23-34(31)36)35(25-12-4-2-5-13-25)26-14-6-3-7-15-26/h2-23,32H,1H3.